The minimum Gasteiger partial charge on any atom is -0.206 e. The topological polar surface area (TPSA) is 0 Å². The molecule has 1 rings (SSSR count). The standard InChI is InChI=1S/C9H3BrF4/c10-7-5-6(1-2-8(7)11)3-4-9(12,13)14/h1-2,5H. The lowest BCUT2D eigenvalue weighted by atomic mass is 10.2. The predicted molar refractivity (Wildman–Crippen MR) is 47.0 cm³/mol. The van der Waals surface area contributed by atoms with Gasteiger partial charge in [0.25, 0.3) is 0 Å². The molecule has 0 heterocycles. The minimum atomic E-state index is -4.53. The van der Waals surface area contributed by atoms with Crippen LogP contribution in [-0.2, 0) is 0 Å². The lowest BCUT2D eigenvalue weighted by Crippen LogP contribution is -2.01. The third-order valence-electron chi connectivity index (χ3n) is 1.27. The van der Waals surface area contributed by atoms with Crippen LogP contribution in [0.2, 0.25) is 0 Å². The van der Waals surface area contributed by atoms with Gasteiger partial charge >= 0.3 is 6.18 Å². The van der Waals surface area contributed by atoms with Crippen LogP contribution in [0.4, 0.5) is 17.6 Å². The Labute approximate surface area is 86.1 Å². The van der Waals surface area contributed by atoms with Crippen molar-refractivity contribution in [1.29, 1.82) is 0 Å². The summed E-state index contributed by atoms with van der Waals surface area (Å²) in [6.07, 6.45) is -4.53. The third-order valence-corrected chi connectivity index (χ3v) is 1.88. The van der Waals surface area contributed by atoms with E-state index in [1.807, 2.05) is 5.92 Å². The normalized spacial score (nSPS) is 10.6. The van der Waals surface area contributed by atoms with Gasteiger partial charge in [0.15, 0.2) is 0 Å². The Morgan fingerprint density at radius 2 is 1.86 bits per heavy atom. The number of hydrogen-bond donors (Lipinski definition) is 0. The Morgan fingerprint density at radius 1 is 1.21 bits per heavy atom. The fourth-order valence-electron chi connectivity index (χ4n) is 0.717. The average Bonchev–Trinajstić information content (AvgIpc) is 2.06. The lowest BCUT2D eigenvalue weighted by molar-refractivity contribution is -0.0696. The molecule has 0 radical (unpaired) electrons. The minimum absolute atomic E-state index is 0.0893. The van der Waals surface area contributed by atoms with Crippen LogP contribution in [0.15, 0.2) is 22.7 Å². The largest absolute Gasteiger partial charge is 0.458 e. The molecule has 0 aromatic heterocycles. The summed E-state index contributed by atoms with van der Waals surface area (Å²) in [5.74, 6) is 2.43. The lowest BCUT2D eigenvalue weighted by Gasteiger charge is -1.95. The summed E-state index contributed by atoms with van der Waals surface area (Å²) in [5.41, 5.74) is 0.107. The van der Waals surface area contributed by atoms with E-state index in [1.54, 1.807) is 0 Å². The van der Waals surface area contributed by atoms with E-state index in [9.17, 15) is 17.6 Å². The van der Waals surface area contributed by atoms with Gasteiger partial charge in [-0.25, -0.2) is 4.39 Å². The molecule has 0 nitrogen and oxygen atoms in total. The maximum absolute atomic E-state index is 12.7. The molecule has 0 aliphatic carbocycles. The molecule has 5 heteroatoms. The zero-order valence-electron chi connectivity index (χ0n) is 6.62. The van der Waals surface area contributed by atoms with Gasteiger partial charge in [0.2, 0.25) is 0 Å². The van der Waals surface area contributed by atoms with Gasteiger partial charge in [0, 0.05) is 11.5 Å². The molecule has 1 aromatic carbocycles. The molecule has 0 saturated carbocycles. The summed E-state index contributed by atoms with van der Waals surface area (Å²) >= 11 is 2.84. The maximum atomic E-state index is 12.7. The molecule has 0 amide bonds. The van der Waals surface area contributed by atoms with Crippen LogP contribution in [0, 0.1) is 17.7 Å². The van der Waals surface area contributed by atoms with E-state index < -0.39 is 12.0 Å². The summed E-state index contributed by atoms with van der Waals surface area (Å²) in [7, 11) is 0. The summed E-state index contributed by atoms with van der Waals surface area (Å²) in [6.45, 7) is 0. The van der Waals surface area contributed by atoms with Crippen LogP contribution in [0.5, 0.6) is 0 Å². The first-order valence-corrected chi connectivity index (χ1v) is 4.23. The molecule has 0 aliphatic rings. The number of halogens is 5. The first kappa shape index (κ1) is 11.1. The second-order valence-corrected chi connectivity index (χ2v) is 3.23. The summed E-state index contributed by atoms with van der Waals surface area (Å²) < 4.78 is 47.7. The molecule has 0 atom stereocenters. The first-order valence-electron chi connectivity index (χ1n) is 3.43. The highest BCUT2D eigenvalue weighted by molar-refractivity contribution is 9.10. The molecule has 14 heavy (non-hydrogen) atoms. The van der Waals surface area contributed by atoms with Crippen LogP contribution in [0.3, 0.4) is 0 Å². The third kappa shape index (κ3) is 3.38. The highest BCUT2D eigenvalue weighted by atomic mass is 79.9. The van der Waals surface area contributed by atoms with Crippen LogP contribution >= 0.6 is 15.9 Å². The van der Waals surface area contributed by atoms with Crippen molar-refractivity contribution in [1.82, 2.24) is 0 Å². The van der Waals surface area contributed by atoms with Gasteiger partial charge in [0.05, 0.1) is 4.47 Å². The molecule has 0 fully saturated rings. The monoisotopic (exact) mass is 266 g/mol. The van der Waals surface area contributed by atoms with E-state index in [2.05, 4.69) is 15.9 Å². The van der Waals surface area contributed by atoms with Crippen molar-refractivity contribution in [2.24, 2.45) is 0 Å². The Hall–Kier alpha value is -1.02. The van der Waals surface area contributed by atoms with Gasteiger partial charge in [0.1, 0.15) is 5.82 Å². The van der Waals surface area contributed by atoms with E-state index in [0.717, 1.165) is 12.0 Å². The Kier molecular flexibility index (Phi) is 3.17. The van der Waals surface area contributed by atoms with E-state index in [-0.39, 0.29) is 10.0 Å². The number of benzene rings is 1. The molecule has 0 spiro atoms. The van der Waals surface area contributed by atoms with E-state index in [0.29, 0.717) is 0 Å². The first-order chi connectivity index (χ1) is 6.38. The van der Waals surface area contributed by atoms with Crippen LogP contribution in [0.1, 0.15) is 5.56 Å². The van der Waals surface area contributed by atoms with Crippen molar-refractivity contribution in [3.05, 3.63) is 34.1 Å². The second kappa shape index (κ2) is 4.01. The summed E-state index contributed by atoms with van der Waals surface area (Å²) in [6, 6.07) is 3.41. The fraction of sp³-hybridized carbons (Fsp3) is 0.111. The molecule has 0 aliphatic heterocycles. The second-order valence-electron chi connectivity index (χ2n) is 2.38. The Balaban J connectivity index is 2.98. The van der Waals surface area contributed by atoms with Crippen molar-refractivity contribution in [3.8, 4) is 11.8 Å². The van der Waals surface area contributed by atoms with Gasteiger partial charge < -0.3 is 0 Å². The smallest absolute Gasteiger partial charge is 0.206 e. The number of alkyl halides is 3. The van der Waals surface area contributed by atoms with Crippen molar-refractivity contribution in [3.63, 3.8) is 0 Å². The highest BCUT2D eigenvalue weighted by Crippen LogP contribution is 2.17. The molecular weight excluding hydrogens is 264 g/mol. The van der Waals surface area contributed by atoms with Crippen molar-refractivity contribution in [2.45, 2.75) is 6.18 Å². The highest BCUT2D eigenvalue weighted by Gasteiger charge is 2.22. The fourth-order valence-corrected chi connectivity index (χ4v) is 1.10. The van der Waals surface area contributed by atoms with Crippen LogP contribution in [-0.4, -0.2) is 6.18 Å². The maximum Gasteiger partial charge on any atom is 0.458 e. The van der Waals surface area contributed by atoms with Gasteiger partial charge in [-0.05, 0) is 34.1 Å². The summed E-state index contributed by atoms with van der Waals surface area (Å²) in [4.78, 5) is 0. The predicted octanol–water partition coefficient (Wildman–Crippen LogP) is 3.50. The molecule has 0 bridgehead atoms. The molecule has 1 aromatic rings. The average molecular weight is 267 g/mol. The quantitative estimate of drug-likeness (QED) is 0.498. The van der Waals surface area contributed by atoms with Gasteiger partial charge in [-0.2, -0.15) is 13.2 Å². The number of hydrogen-bond acceptors (Lipinski definition) is 0. The zero-order valence-corrected chi connectivity index (χ0v) is 8.21. The van der Waals surface area contributed by atoms with E-state index >= 15 is 0 Å². The van der Waals surface area contributed by atoms with Crippen molar-refractivity contribution < 1.29 is 17.6 Å². The van der Waals surface area contributed by atoms with Crippen LogP contribution < -0.4 is 0 Å². The Bertz CT molecular complexity index is 397. The molecule has 0 N–H and O–H groups in total. The summed E-state index contributed by atoms with van der Waals surface area (Å²) in [5, 5.41) is 0. The van der Waals surface area contributed by atoms with Gasteiger partial charge in [-0.15, -0.1) is 0 Å². The van der Waals surface area contributed by atoms with Crippen LogP contribution in [0.25, 0.3) is 0 Å². The molecule has 74 valence electrons. The SMILES string of the molecule is Fc1ccc(C#CC(F)(F)F)cc1Br. The van der Waals surface area contributed by atoms with E-state index in [1.165, 1.54) is 12.1 Å². The van der Waals surface area contributed by atoms with E-state index in [4.69, 9.17) is 0 Å². The van der Waals surface area contributed by atoms with Crippen molar-refractivity contribution in [2.75, 3.05) is 0 Å². The zero-order chi connectivity index (χ0) is 10.8. The van der Waals surface area contributed by atoms with Crippen molar-refractivity contribution >= 4 is 15.9 Å². The molecule has 0 unspecified atom stereocenters. The molecule has 0 saturated heterocycles. The molecular formula is C9H3BrF4. The van der Waals surface area contributed by atoms with Gasteiger partial charge in [-0.1, -0.05) is 5.92 Å². The van der Waals surface area contributed by atoms with Gasteiger partial charge in [-0.3, -0.25) is 0 Å². The number of rotatable bonds is 0. The Morgan fingerprint density at radius 3 is 2.36 bits per heavy atom.